The summed E-state index contributed by atoms with van der Waals surface area (Å²) < 4.78 is 5.03. The first-order valence-corrected chi connectivity index (χ1v) is 6.92. The Morgan fingerprint density at radius 2 is 2.00 bits per heavy atom. The average molecular weight is 286 g/mol. The number of methoxy groups -OCH3 is 1. The summed E-state index contributed by atoms with van der Waals surface area (Å²) in [6.07, 6.45) is 2.21. The van der Waals surface area contributed by atoms with Gasteiger partial charge in [0.15, 0.2) is 0 Å². The van der Waals surface area contributed by atoms with Crippen molar-refractivity contribution >= 4 is 17.5 Å². The first-order chi connectivity index (χ1) is 9.13. The predicted octanol–water partition coefficient (Wildman–Crippen LogP) is 1.45. The normalized spacial score (nSPS) is 17.5. The van der Waals surface area contributed by atoms with Gasteiger partial charge >= 0.3 is 6.01 Å². The number of nitrogens with zero attached hydrogens (tertiary/aromatic N) is 5. The summed E-state index contributed by atoms with van der Waals surface area (Å²) in [5, 5.41) is 0.166. The topological polar surface area (TPSA) is 54.4 Å². The molecule has 1 aliphatic rings. The first kappa shape index (κ1) is 14.3. The Kier molecular flexibility index (Phi) is 4.76. The Hall–Kier alpha value is -1.14. The second-order valence-corrected chi connectivity index (χ2v) is 5.01. The first-order valence-electron chi connectivity index (χ1n) is 6.54. The molecule has 6 nitrogen and oxygen atoms in total. The van der Waals surface area contributed by atoms with Gasteiger partial charge in [0.2, 0.25) is 11.2 Å². The van der Waals surface area contributed by atoms with Gasteiger partial charge in [-0.25, -0.2) is 0 Å². The van der Waals surface area contributed by atoms with E-state index in [-0.39, 0.29) is 11.3 Å². The van der Waals surface area contributed by atoms with Crippen molar-refractivity contribution < 1.29 is 4.74 Å². The van der Waals surface area contributed by atoms with Crippen molar-refractivity contribution in [1.29, 1.82) is 0 Å². The molecule has 0 N–H and O–H groups in total. The molecule has 0 bridgehead atoms. The molecule has 1 aromatic heterocycles. The van der Waals surface area contributed by atoms with E-state index < -0.39 is 0 Å². The molecule has 1 aromatic rings. The maximum atomic E-state index is 5.88. The largest absolute Gasteiger partial charge is 0.467 e. The number of aromatic nitrogens is 3. The van der Waals surface area contributed by atoms with Gasteiger partial charge in [-0.05, 0) is 31.0 Å². The molecule has 1 aliphatic heterocycles. The second kappa shape index (κ2) is 6.34. The smallest absolute Gasteiger partial charge is 0.322 e. The molecule has 0 unspecified atom stereocenters. The molecule has 1 fully saturated rings. The molecule has 2 rings (SSSR count). The lowest BCUT2D eigenvalue weighted by molar-refractivity contribution is 0.220. The standard InChI is InChI=1S/C12H20ClN5O/c1-4-18-7-5-9(6-8-18)17(2)11-14-10(13)15-12(16-11)19-3/h9H,4-8H2,1-3H3. The summed E-state index contributed by atoms with van der Waals surface area (Å²) in [6, 6.07) is 0.693. The summed E-state index contributed by atoms with van der Waals surface area (Å²) in [5.74, 6) is 0.576. The lowest BCUT2D eigenvalue weighted by atomic mass is 10.0. The Balaban J connectivity index is 2.07. The number of ether oxygens (including phenoxy) is 1. The zero-order valence-electron chi connectivity index (χ0n) is 11.6. The number of rotatable bonds is 4. The molecule has 0 aliphatic carbocycles. The summed E-state index contributed by atoms with van der Waals surface area (Å²) in [5.41, 5.74) is 0. The second-order valence-electron chi connectivity index (χ2n) is 4.67. The molecular weight excluding hydrogens is 266 g/mol. The van der Waals surface area contributed by atoms with Crippen molar-refractivity contribution in [1.82, 2.24) is 19.9 Å². The van der Waals surface area contributed by atoms with Crippen LogP contribution < -0.4 is 9.64 Å². The van der Waals surface area contributed by atoms with Crippen LogP contribution in [-0.2, 0) is 0 Å². The number of likely N-dealkylation sites (tertiary alicyclic amines) is 1. The Morgan fingerprint density at radius 3 is 2.58 bits per heavy atom. The van der Waals surface area contributed by atoms with E-state index in [0.717, 1.165) is 32.5 Å². The molecule has 0 radical (unpaired) electrons. The van der Waals surface area contributed by atoms with Gasteiger partial charge in [0.05, 0.1) is 7.11 Å². The van der Waals surface area contributed by atoms with Crippen molar-refractivity contribution in [3.05, 3.63) is 5.28 Å². The maximum absolute atomic E-state index is 5.88. The third-order valence-corrected chi connectivity index (χ3v) is 3.79. The SMILES string of the molecule is CCN1CCC(N(C)c2nc(Cl)nc(OC)n2)CC1. The maximum Gasteiger partial charge on any atom is 0.322 e. The van der Waals surface area contributed by atoms with Crippen LogP contribution in [0.2, 0.25) is 5.28 Å². The van der Waals surface area contributed by atoms with Crippen LogP contribution in [0.5, 0.6) is 6.01 Å². The third kappa shape index (κ3) is 3.45. The molecule has 106 valence electrons. The van der Waals surface area contributed by atoms with Crippen LogP contribution in [-0.4, -0.2) is 59.7 Å². The fraction of sp³-hybridized carbons (Fsp3) is 0.750. The van der Waals surface area contributed by atoms with Crippen LogP contribution in [0.25, 0.3) is 0 Å². The molecule has 0 spiro atoms. The Labute approximate surface area is 118 Å². The summed E-state index contributed by atoms with van der Waals surface area (Å²) in [6.45, 7) is 5.53. The van der Waals surface area contributed by atoms with Crippen LogP contribution in [0.1, 0.15) is 19.8 Å². The summed E-state index contributed by atoms with van der Waals surface area (Å²) >= 11 is 5.88. The van der Waals surface area contributed by atoms with E-state index in [1.807, 2.05) is 7.05 Å². The Morgan fingerprint density at radius 1 is 1.32 bits per heavy atom. The fourth-order valence-electron chi connectivity index (χ4n) is 2.36. The molecule has 0 amide bonds. The molecule has 0 atom stereocenters. The van der Waals surface area contributed by atoms with Gasteiger partial charge in [0, 0.05) is 26.2 Å². The van der Waals surface area contributed by atoms with Gasteiger partial charge in [-0.3, -0.25) is 0 Å². The van der Waals surface area contributed by atoms with Crippen molar-refractivity contribution in [3.8, 4) is 6.01 Å². The van der Waals surface area contributed by atoms with E-state index in [1.54, 1.807) is 0 Å². The highest BCUT2D eigenvalue weighted by atomic mass is 35.5. The van der Waals surface area contributed by atoms with E-state index in [0.29, 0.717) is 12.0 Å². The highest BCUT2D eigenvalue weighted by Gasteiger charge is 2.24. The molecule has 2 heterocycles. The van der Waals surface area contributed by atoms with Crippen LogP contribution >= 0.6 is 11.6 Å². The van der Waals surface area contributed by atoms with E-state index >= 15 is 0 Å². The molecule has 0 aromatic carbocycles. The highest BCUT2D eigenvalue weighted by molar-refractivity contribution is 6.28. The van der Waals surface area contributed by atoms with E-state index in [1.165, 1.54) is 7.11 Å². The Bertz CT molecular complexity index is 423. The fourth-order valence-corrected chi connectivity index (χ4v) is 2.51. The van der Waals surface area contributed by atoms with Crippen LogP contribution in [0, 0.1) is 0 Å². The minimum atomic E-state index is 0.166. The van der Waals surface area contributed by atoms with Gasteiger partial charge in [-0.1, -0.05) is 6.92 Å². The third-order valence-electron chi connectivity index (χ3n) is 3.63. The van der Waals surface area contributed by atoms with Crippen molar-refractivity contribution in [3.63, 3.8) is 0 Å². The average Bonchev–Trinajstić information content (AvgIpc) is 2.46. The quantitative estimate of drug-likeness (QED) is 0.835. The zero-order valence-corrected chi connectivity index (χ0v) is 12.4. The minimum absolute atomic E-state index is 0.166. The molecular formula is C12H20ClN5O. The lowest BCUT2D eigenvalue weighted by Gasteiger charge is -2.36. The zero-order chi connectivity index (χ0) is 13.8. The lowest BCUT2D eigenvalue weighted by Crippen LogP contribution is -2.43. The van der Waals surface area contributed by atoms with Gasteiger partial charge in [0.1, 0.15) is 0 Å². The number of hydrogen-bond acceptors (Lipinski definition) is 6. The van der Waals surface area contributed by atoms with Gasteiger partial charge < -0.3 is 14.5 Å². The molecule has 19 heavy (non-hydrogen) atoms. The number of hydrogen-bond donors (Lipinski definition) is 0. The number of halogens is 1. The highest BCUT2D eigenvalue weighted by Crippen LogP contribution is 2.21. The molecule has 0 saturated carbocycles. The van der Waals surface area contributed by atoms with Crippen LogP contribution in [0.15, 0.2) is 0 Å². The number of piperidine rings is 1. The molecule has 7 heteroatoms. The van der Waals surface area contributed by atoms with Gasteiger partial charge in [-0.15, -0.1) is 0 Å². The van der Waals surface area contributed by atoms with E-state index in [2.05, 4.69) is 31.7 Å². The molecule has 1 saturated heterocycles. The van der Waals surface area contributed by atoms with E-state index in [4.69, 9.17) is 16.3 Å². The van der Waals surface area contributed by atoms with Crippen molar-refractivity contribution in [2.24, 2.45) is 0 Å². The van der Waals surface area contributed by atoms with Crippen LogP contribution in [0.4, 0.5) is 5.95 Å². The van der Waals surface area contributed by atoms with Crippen molar-refractivity contribution in [2.75, 3.05) is 38.7 Å². The van der Waals surface area contributed by atoms with Gasteiger partial charge in [0.25, 0.3) is 0 Å². The number of anilines is 1. The monoisotopic (exact) mass is 285 g/mol. The van der Waals surface area contributed by atoms with Crippen molar-refractivity contribution in [2.45, 2.75) is 25.8 Å². The van der Waals surface area contributed by atoms with Gasteiger partial charge in [-0.2, -0.15) is 15.0 Å². The summed E-state index contributed by atoms with van der Waals surface area (Å²) in [7, 11) is 3.52. The predicted molar refractivity (Wildman–Crippen MR) is 74.9 cm³/mol. The van der Waals surface area contributed by atoms with Crippen LogP contribution in [0.3, 0.4) is 0 Å². The summed E-state index contributed by atoms with van der Waals surface area (Å²) in [4.78, 5) is 16.8. The van der Waals surface area contributed by atoms with E-state index in [9.17, 15) is 0 Å². The minimum Gasteiger partial charge on any atom is -0.467 e.